The van der Waals surface area contributed by atoms with Gasteiger partial charge in [-0.3, -0.25) is 0 Å². The molecule has 1 aromatic heterocycles. The molecule has 4 nitrogen and oxygen atoms in total. The fraction of sp³-hybridized carbons (Fsp3) is 0.714. The van der Waals surface area contributed by atoms with Crippen LogP contribution in [0.25, 0.3) is 0 Å². The quantitative estimate of drug-likeness (QED) is 0.571. The van der Waals surface area contributed by atoms with Crippen LogP contribution in [0.15, 0.2) is 18.7 Å². The lowest BCUT2D eigenvalue weighted by Crippen LogP contribution is -2.37. The molecule has 0 aromatic carbocycles. The molecular formula is C14H23F3N2O2. The van der Waals surface area contributed by atoms with Crippen LogP contribution in [-0.2, 0) is 18.4 Å². The van der Waals surface area contributed by atoms with Crippen molar-refractivity contribution in [1.29, 1.82) is 0 Å². The topological polar surface area (TPSA) is 48.9 Å². The Bertz CT molecular complexity index is 403. The molecule has 0 bridgehead atoms. The number of carboxylic acid groups (broad SMARTS) is 1. The maximum absolute atomic E-state index is 10.5. The van der Waals surface area contributed by atoms with Gasteiger partial charge < -0.3 is 9.90 Å². The number of aryl methyl sites for hydroxylation is 2. The second-order valence-corrected chi connectivity index (χ2v) is 4.87. The lowest BCUT2D eigenvalue weighted by molar-refractivity contribution is -0.671. The summed E-state index contributed by atoms with van der Waals surface area (Å²) in [6, 6.07) is 0. The van der Waals surface area contributed by atoms with Crippen LogP contribution >= 0.6 is 0 Å². The number of hydrogen-bond donors (Lipinski definition) is 0. The van der Waals surface area contributed by atoms with E-state index in [4.69, 9.17) is 9.90 Å². The highest BCUT2D eigenvalue weighted by molar-refractivity contribution is 5.70. The molecule has 21 heavy (non-hydrogen) atoms. The summed E-state index contributed by atoms with van der Waals surface area (Å²) in [6.07, 6.45) is 9.44. The average molecular weight is 308 g/mol. The number of aromatic nitrogens is 2. The SMILES string of the molecule is CCCCCCCCn1cc[n+](C)c1.O=C([O-])C(F)(F)F. The zero-order valence-corrected chi connectivity index (χ0v) is 12.5. The van der Waals surface area contributed by atoms with Crippen LogP contribution < -0.4 is 9.67 Å². The lowest BCUT2D eigenvalue weighted by Gasteiger charge is -2.03. The van der Waals surface area contributed by atoms with E-state index in [0.717, 1.165) is 0 Å². The van der Waals surface area contributed by atoms with Crippen molar-refractivity contribution >= 4 is 5.97 Å². The Morgan fingerprint density at radius 2 is 1.71 bits per heavy atom. The number of nitrogens with zero attached hydrogens (tertiary/aromatic N) is 2. The monoisotopic (exact) mass is 308 g/mol. The highest BCUT2D eigenvalue weighted by Crippen LogP contribution is 2.11. The average Bonchev–Trinajstić information content (AvgIpc) is 2.79. The lowest BCUT2D eigenvalue weighted by atomic mass is 10.1. The van der Waals surface area contributed by atoms with Gasteiger partial charge in [0.05, 0.1) is 13.6 Å². The second kappa shape index (κ2) is 10.2. The van der Waals surface area contributed by atoms with Crippen molar-refractivity contribution in [3.63, 3.8) is 0 Å². The minimum absolute atomic E-state index is 1.17. The van der Waals surface area contributed by atoms with Crippen LogP contribution in [0.3, 0.4) is 0 Å². The molecule has 0 atom stereocenters. The number of carboxylic acids is 1. The first kappa shape index (κ1) is 19.5. The van der Waals surface area contributed by atoms with Crippen molar-refractivity contribution in [3.8, 4) is 0 Å². The van der Waals surface area contributed by atoms with Crippen molar-refractivity contribution in [2.75, 3.05) is 0 Å². The first-order valence-electron chi connectivity index (χ1n) is 7.06. The number of aliphatic carboxylic acids is 1. The summed E-state index contributed by atoms with van der Waals surface area (Å²) in [4.78, 5) is 8.78. The Morgan fingerprint density at radius 3 is 2.14 bits per heavy atom. The Morgan fingerprint density at radius 1 is 1.19 bits per heavy atom. The van der Waals surface area contributed by atoms with Crippen LogP contribution in [0.4, 0.5) is 13.2 Å². The summed E-state index contributed by atoms with van der Waals surface area (Å²) in [6.45, 7) is 3.44. The largest absolute Gasteiger partial charge is 0.542 e. The van der Waals surface area contributed by atoms with E-state index in [1.54, 1.807) is 0 Å². The molecule has 0 aliphatic heterocycles. The number of imidazole rings is 1. The standard InChI is InChI=1S/C12H23N2.C2HF3O2/c1-3-4-5-6-7-8-9-14-11-10-13(2)12-14;3-2(4,5)1(6)7/h10-12H,3-9H2,1-2H3;(H,6,7)/q+1;/p-1. The molecule has 0 aliphatic rings. The maximum Gasteiger partial charge on any atom is 0.430 e. The summed E-state index contributed by atoms with van der Waals surface area (Å²) in [7, 11) is 2.07. The summed E-state index contributed by atoms with van der Waals surface area (Å²) in [5.74, 6) is -3.01. The Labute approximate surface area is 123 Å². The number of halogens is 3. The first-order valence-corrected chi connectivity index (χ1v) is 7.06. The van der Waals surface area contributed by atoms with Gasteiger partial charge in [-0.1, -0.05) is 32.6 Å². The molecule has 0 amide bonds. The predicted molar refractivity (Wildman–Crippen MR) is 70.0 cm³/mol. The van der Waals surface area contributed by atoms with Gasteiger partial charge in [0.15, 0.2) is 0 Å². The van der Waals surface area contributed by atoms with Crippen molar-refractivity contribution in [2.24, 2.45) is 7.05 Å². The molecule has 0 fully saturated rings. The number of rotatable bonds is 7. The normalized spacial score (nSPS) is 10.9. The summed E-state index contributed by atoms with van der Waals surface area (Å²) >= 11 is 0. The van der Waals surface area contributed by atoms with Gasteiger partial charge in [-0.2, -0.15) is 13.2 Å². The number of carbonyl (C=O) groups excluding carboxylic acids is 1. The van der Waals surface area contributed by atoms with E-state index in [1.165, 1.54) is 45.1 Å². The van der Waals surface area contributed by atoms with Gasteiger partial charge in [0, 0.05) is 0 Å². The smallest absolute Gasteiger partial charge is 0.430 e. The number of alkyl halides is 3. The maximum atomic E-state index is 10.5. The minimum Gasteiger partial charge on any atom is -0.542 e. The van der Waals surface area contributed by atoms with Crippen LogP contribution in [-0.4, -0.2) is 16.7 Å². The molecule has 0 saturated heterocycles. The molecule has 7 heteroatoms. The van der Waals surface area contributed by atoms with Crippen molar-refractivity contribution in [2.45, 2.75) is 58.2 Å². The van der Waals surface area contributed by atoms with E-state index < -0.39 is 12.1 Å². The molecule has 0 spiro atoms. The zero-order valence-electron chi connectivity index (χ0n) is 12.5. The van der Waals surface area contributed by atoms with E-state index in [-0.39, 0.29) is 0 Å². The molecule has 0 unspecified atom stereocenters. The summed E-state index contributed by atoms with van der Waals surface area (Å²) in [5.41, 5.74) is 0. The van der Waals surface area contributed by atoms with Gasteiger partial charge in [-0.25, -0.2) is 9.13 Å². The van der Waals surface area contributed by atoms with E-state index in [1.807, 2.05) is 0 Å². The molecule has 1 heterocycles. The third-order valence-corrected chi connectivity index (χ3v) is 2.83. The highest BCUT2D eigenvalue weighted by Gasteiger charge is 2.28. The van der Waals surface area contributed by atoms with E-state index in [9.17, 15) is 13.2 Å². The molecule has 0 saturated carbocycles. The van der Waals surface area contributed by atoms with Gasteiger partial charge >= 0.3 is 6.18 Å². The summed E-state index contributed by atoms with van der Waals surface area (Å²) < 4.78 is 35.9. The van der Waals surface area contributed by atoms with Gasteiger partial charge in [-0.05, 0) is 12.8 Å². The van der Waals surface area contributed by atoms with E-state index in [0.29, 0.717) is 0 Å². The minimum atomic E-state index is -5.19. The Balaban J connectivity index is 0.000000486. The molecule has 122 valence electrons. The second-order valence-electron chi connectivity index (χ2n) is 4.87. The molecule has 0 aliphatic carbocycles. The number of unbranched alkanes of at least 4 members (excludes halogenated alkanes) is 5. The number of hydrogen-bond acceptors (Lipinski definition) is 2. The van der Waals surface area contributed by atoms with E-state index in [2.05, 4.69) is 41.8 Å². The van der Waals surface area contributed by atoms with Crippen LogP contribution in [0.5, 0.6) is 0 Å². The third-order valence-electron chi connectivity index (χ3n) is 2.83. The number of carbonyl (C=O) groups is 1. The molecular weight excluding hydrogens is 285 g/mol. The van der Waals surface area contributed by atoms with Gasteiger partial charge in [0.25, 0.3) is 0 Å². The third kappa shape index (κ3) is 10.9. The van der Waals surface area contributed by atoms with Crippen molar-refractivity contribution in [1.82, 2.24) is 4.57 Å². The Hall–Kier alpha value is -1.53. The Kier molecular flexibility index (Phi) is 9.49. The van der Waals surface area contributed by atoms with Gasteiger partial charge in [0.1, 0.15) is 18.4 Å². The fourth-order valence-corrected chi connectivity index (χ4v) is 1.71. The molecule has 0 N–H and O–H groups in total. The fourth-order valence-electron chi connectivity index (χ4n) is 1.71. The van der Waals surface area contributed by atoms with Crippen LogP contribution in [0.2, 0.25) is 0 Å². The molecule has 0 radical (unpaired) electrons. The predicted octanol–water partition coefficient (Wildman–Crippen LogP) is 1.97. The highest BCUT2D eigenvalue weighted by atomic mass is 19.4. The van der Waals surface area contributed by atoms with Crippen molar-refractivity contribution in [3.05, 3.63) is 18.7 Å². The van der Waals surface area contributed by atoms with Crippen molar-refractivity contribution < 1.29 is 27.6 Å². The van der Waals surface area contributed by atoms with Gasteiger partial charge in [0.2, 0.25) is 6.33 Å². The van der Waals surface area contributed by atoms with E-state index >= 15 is 0 Å². The van der Waals surface area contributed by atoms with Gasteiger partial charge in [-0.15, -0.1) is 0 Å². The van der Waals surface area contributed by atoms with Crippen LogP contribution in [0.1, 0.15) is 45.4 Å². The van der Waals surface area contributed by atoms with Crippen LogP contribution in [0, 0.1) is 0 Å². The first-order chi connectivity index (χ1) is 9.77. The molecule has 1 aromatic rings. The summed E-state index contributed by atoms with van der Waals surface area (Å²) in [5, 5.41) is 8.78. The molecule has 1 rings (SSSR count). The zero-order chi connectivity index (χ0) is 16.3.